The van der Waals surface area contributed by atoms with Gasteiger partial charge < -0.3 is 4.90 Å². The van der Waals surface area contributed by atoms with Crippen LogP contribution < -0.4 is 10.0 Å². The van der Waals surface area contributed by atoms with E-state index in [4.69, 9.17) is 5.14 Å². The Labute approximate surface area is 123 Å². The van der Waals surface area contributed by atoms with Gasteiger partial charge in [-0.05, 0) is 24.3 Å². The van der Waals surface area contributed by atoms with Gasteiger partial charge in [0.1, 0.15) is 4.90 Å². The van der Waals surface area contributed by atoms with Crippen molar-refractivity contribution in [1.82, 2.24) is 0 Å². The molecule has 1 aromatic rings. The number of benzene rings is 1. The Kier molecular flexibility index (Phi) is 3.94. The summed E-state index contributed by atoms with van der Waals surface area (Å²) in [5.74, 6) is 0. The summed E-state index contributed by atoms with van der Waals surface area (Å²) in [6, 6.07) is 3.82. The molecule has 1 aromatic carbocycles. The average molecular weight is 313 g/mol. The van der Waals surface area contributed by atoms with Gasteiger partial charge in [-0.3, -0.25) is 10.1 Å². The van der Waals surface area contributed by atoms with Crippen molar-refractivity contribution in [2.24, 2.45) is 10.6 Å². The van der Waals surface area contributed by atoms with Crippen molar-refractivity contribution < 1.29 is 13.3 Å². The van der Waals surface area contributed by atoms with Gasteiger partial charge in [-0.2, -0.15) is 0 Å². The summed E-state index contributed by atoms with van der Waals surface area (Å²) in [6.07, 6.45) is 2.00. The van der Waals surface area contributed by atoms with E-state index in [0.29, 0.717) is 18.8 Å². The molecule has 7 nitrogen and oxygen atoms in total. The quantitative estimate of drug-likeness (QED) is 0.677. The summed E-state index contributed by atoms with van der Waals surface area (Å²) in [5, 5.41) is 16.1. The number of piperidine rings is 1. The number of nitro benzene ring substituents is 1. The van der Waals surface area contributed by atoms with Crippen molar-refractivity contribution in [1.29, 1.82) is 0 Å². The fourth-order valence-corrected chi connectivity index (χ4v) is 3.51. The maximum Gasteiger partial charge on any atom is 0.270 e. The highest BCUT2D eigenvalue weighted by molar-refractivity contribution is 7.89. The van der Waals surface area contributed by atoms with Crippen LogP contribution in [0.4, 0.5) is 11.4 Å². The summed E-state index contributed by atoms with van der Waals surface area (Å²) in [7, 11) is -4.02. The first kappa shape index (κ1) is 15.7. The maximum atomic E-state index is 11.8. The average Bonchev–Trinajstić information content (AvgIpc) is 2.35. The molecule has 0 unspecified atom stereocenters. The lowest BCUT2D eigenvalue weighted by Crippen LogP contribution is -2.40. The minimum atomic E-state index is -4.02. The molecule has 21 heavy (non-hydrogen) atoms. The first-order valence-corrected chi connectivity index (χ1v) is 8.21. The van der Waals surface area contributed by atoms with Crippen LogP contribution in [0.5, 0.6) is 0 Å². The number of nitro groups is 1. The minimum absolute atomic E-state index is 0.0651. The molecule has 116 valence electrons. The Morgan fingerprint density at radius 3 is 2.57 bits per heavy atom. The largest absolute Gasteiger partial charge is 0.370 e. The van der Waals surface area contributed by atoms with Gasteiger partial charge in [0.2, 0.25) is 10.0 Å². The molecule has 1 fully saturated rings. The molecule has 1 aliphatic heterocycles. The molecular formula is C13H19N3O4S. The van der Waals surface area contributed by atoms with Crippen LogP contribution in [0.15, 0.2) is 23.1 Å². The van der Waals surface area contributed by atoms with Crippen molar-refractivity contribution in [2.45, 2.75) is 31.6 Å². The van der Waals surface area contributed by atoms with E-state index in [2.05, 4.69) is 13.8 Å². The second-order valence-electron chi connectivity index (χ2n) is 6.14. The lowest BCUT2D eigenvalue weighted by molar-refractivity contribution is -0.385. The van der Waals surface area contributed by atoms with Crippen LogP contribution >= 0.6 is 0 Å². The van der Waals surface area contributed by atoms with Crippen LogP contribution in [-0.2, 0) is 10.0 Å². The number of nitrogens with zero attached hydrogens (tertiary/aromatic N) is 2. The van der Waals surface area contributed by atoms with Crippen LogP contribution in [0.25, 0.3) is 0 Å². The second-order valence-corrected chi connectivity index (χ2v) is 7.67. The molecule has 0 saturated carbocycles. The first-order valence-electron chi connectivity index (χ1n) is 6.66. The normalized spacial score (nSPS) is 18.5. The highest BCUT2D eigenvalue weighted by Gasteiger charge is 2.30. The molecule has 0 aromatic heterocycles. The second kappa shape index (κ2) is 5.27. The van der Waals surface area contributed by atoms with E-state index in [1.165, 1.54) is 12.1 Å². The van der Waals surface area contributed by atoms with Crippen LogP contribution in [0.3, 0.4) is 0 Å². The van der Waals surface area contributed by atoms with Crippen molar-refractivity contribution in [3.8, 4) is 0 Å². The Balaban J connectivity index is 2.50. The third-order valence-electron chi connectivity index (χ3n) is 3.70. The van der Waals surface area contributed by atoms with Crippen molar-refractivity contribution in [3.63, 3.8) is 0 Å². The fourth-order valence-electron chi connectivity index (χ4n) is 2.73. The predicted molar refractivity (Wildman–Crippen MR) is 79.7 cm³/mol. The molecule has 2 rings (SSSR count). The highest BCUT2D eigenvalue weighted by Crippen LogP contribution is 2.35. The number of sulfonamides is 1. The minimum Gasteiger partial charge on any atom is -0.370 e. The van der Waals surface area contributed by atoms with Crippen LogP contribution in [0.2, 0.25) is 0 Å². The monoisotopic (exact) mass is 313 g/mol. The zero-order valence-corrected chi connectivity index (χ0v) is 12.9. The van der Waals surface area contributed by atoms with E-state index in [-0.39, 0.29) is 16.0 Å². The zero-order chi connectivity index (χ0) is 15.8. The number of hydrogen-bond acceptors (Lipinski definition) is 5. The van der Waals surface area contributed by atoms with Gasteiger partial charge in [-0.25, -0.2) is 13.6 Å². The van der Waals surface area contributed by atoms with Crippen LogP contribution in [-0.4, -0.2) is 26.4 Å². The smallest absolute Gasteiger partial charge is 0.270 e. The van der Waals surface area contributed by atoms with Gasteiger partial charge >= 0.3 is 0 Å². The maximum absolute atomic E-state index is 11.8. The third-order valence-corrected chi connectivity index (χ3v) is 4.64. The van der Waals surface area contributed by atoms with Gasteiger partial charge in [0, 0.05) is 25.2 Å². The van der Waals surface area contributed by atoms with E-state index >= 15 is 0 Å². The van der Waals surface area contributed by atoms with E-state index in [9.17, 15) is 18.5 Å². The zero-order valence-electron chi connectivity index (χ0n) is 12.1. The first-order chi connectivity index (χ1) is 9.60. The molecule has 1 heterocycles. The van der Waals surface area contributed by atoms with Gasteiger partial charge in [0.15, 0.2) is 0 Å². The molecule has 0 atom stereocenters. The SMILES string of the molecule is CC1(C)CCCN(c2ccc([N+](=O)[O-])cc2S(N)(=O)=O)C1. The molecule has 2 N–H and O–H groups in total. The summed E-state index contributed by atoms with van der Waals surface area (Å²) in [5.41, 5.74) is 0.227. The summed E-state index contributed by atoms with van der Waals surface area (Å²) in [4.78, 5) is 12.0. The number of nitrogens with two attached hydrogens (primary N) is 1. The number of anilines is 1. The number of hydrogen-bond donors (Lipinski definition) is 1. The molecule has 1 saturated heterocycles. The Hall–Kier alpha value is -1.67. The molecule has 1 aliphatic rings. The molecule has 0 aliphatic carbocycles. The Bertz CT molecular complexity index is 670. The van der Waals surface area contributed by atoms with Gasteiger partial charge in [0.25, 0.3) is 5.69 Å². The van der Waals surface area contributed by atoms with Gasteiger partial charge in [-0.1, -0.05) is 13.8 Å². The standard InChI is InChI=1S/C13H19N3O4S/c1-13(2)6-3-7-15(9-13)11-5-4-10(16(17)18)8-12(11)21(14,19)20/h4-5,8H,3,6-7,9H2,1-2H3,(H2,14,19,20). The fraction of sp³-hybridized carbons (Fsp3) is 0.538. The van der Waals surface area contributed by atoms with E-state index in [1.54, 1.807) is 0 Å². The van der Waals surface area contributed by atoms with Crippen molar-refractivity contribution in [3.05, 3.63) is 28.3 Å². The molecule has 0 radical (unpaired) electrons. The summed E-state index contributed by atoms with van der Waals surface area (Å²) >= 11 is 0. The Morgan fingerprint density at radius 1 is 1.38 bits per heavy atom. The highest BCUT2D eigenvalue weighted by atomic mass is 32.2. The summed E-state index contributed by atoms with van der Waals surface area (Å²) in [6.45, 7) is 5.62. The van der Waals surface area contributed by atoms with Crippen LogP contribution in [0, 0.1) is 15.5 Å². The topological polar surface area (TPSA) is 107 Å². The molecule has 0 bridgehead atoms. The van der Waals surface area contributed by atoms with E-state index in [0.717, 1.165) is 18.9 Å². The van der Waals surface area contributed by atoms with Crippen molar-refractivity contribution >= 4 is 21.4 Å². The van der Waals surface area contributed by atoms with Crippen molar-refractivity contribution in [2.75, 3.05) is 18.0 Å². The van der Waals surface area contributed by atoms with E-state index < -0.39 is 14.9 Å². The molecule has 0 spiro atoms. The van der Waals surface area contributed by atoms with Gasteiger partial charge in [0.05, 0.1) is 10.6 Å². The third kappa shape index (κ3) is 3.51. The number of rotatable bonds is 3. The van der Waals surface area contributed by atoms with Crippen LogP contribution in [0.1, 0.15) is 26.7 Å². The lowest BCUT2D eigenvalue weighted by Gasteiger charge is -2.39. The molecule has 0 amide bonds. The number of non-ortho nitro benzene ring substituents is 1. The summed E-state index contributed by atoms with van der Waals surface area (Å²) < 4.78 is 23.5. The Morgan fingerprint density at radius 2 is 2.05 bits per heavy atom. The number of primary sulfonamides is 1. The molecule has 8 heteroatoms. The van der Waals surface area contributed by atoms with Gasteiger partial charge in [-0.15, -0.1) is 0 Å². The lowest BCUT2D eigenvalue weighted by atomic mass is 9.84. The molecular weight excluding hydrogens is 294 g/mol. The van der Waals surface area contributed by atoms with E-state index in [1.807, 2.05) is 4.90 Å². The predicted octanol–water partition coefficient (Wildman–Crippen LogP) is 1.87.